The number of rotatable bonds is 6. The molecule has 5 rings (SSSR count). The first-order valence-electron chi connectivity index (χ1n) is 12.0. The second kappa shape index (κ2) is 10.0. The van der Waals surface area contributed by atoms with Crippen molar-refractivity contribution in [3.05, 3.63) is 84.2 Å². The van der Waals surface area contributed by atoms with Crippen LogP contribution in [0.1, 0.15) is 29.9 Å². The van der Waals surface area contributed by atoms with Gasteiger partial charge in [0.15, 0.2) is 0 Å². The Hall–Kier alpha value is -2.73. The normalized spacial score (nSPS) is 23.8. The number of aliphatic hydroxyl groups is 1. The van der Waals surface area contributed by atoms with Gasteiger partial charge in [-0.25, -0.2) is 0 Å². The highest BCUT2D eigenvalue weighted by molar-refractivity contribution is 5.70. The van der Waals surface area contributed by atoms with Crippen LogP contribution in [-0.4, -0.2) is 65.3 Å². The van der Waals surface area contributed by atoms with Crippen molar-refractivity contribution in [3.63, 3.8) is 0 Å². The van der Waals surface area contributed by atoms with Gasteiger partial charge in [0.05, 0.1) is 13.7 Å². The molecule has 2 saturated heterocycles. The minimum Gasteiger partial charge on any atom is -0.496 e. The second-order valence-corrected chi connectivity index (χ2v) is 9.20. The molecule has 172 valence electrons. The average Bonchev–Trinajstić information content (AvgIpc) is 2.85. The van der Waals surface area contributed by atoms with Crippen molar-refractivity contribution in [1.29, 1.82) is 0 Å². The van der Waals surface area contributed by atoms with E-state index in [0.29, 0.717) is 12.0 Å². The lowest BCUT2D eigenvalue weighted by Gasteiger charge is -2.57. The topological polar surface area (TPSA) is 48.8 Å². The maximum Gasteiger partial charge on any atom is 0.126 e. The Labute approximate surface area is 196 Å². The maximum atomic E-state index is 10.2. The monoisotopic (exact) mass is 443 g/mol. The van der Waals surface area contributed by atoms with Crippen molar-refractivity contribution in [2.24, 2.45) is 0 Å². The number of methoxy groups -OCH3 is 1. The van der Waals surface area contributed by atoms with Crippen LogP contribution < -0.4 is 4.74 Å². The molecule has 2 fully saturated rings. The van der Waals surface area contributed by atoms with Crippen LogP contribution in [0.2, 0.25) is 0 Å². The smallest absolute Gasteiger partial charge is 0.126 e. The molecule has 0 amide bonds. The third-order valence-electron chi connectivity index (χ3n) is 7.32. The van der Waals surface area contributed by atoms with Crippen LogP contribution in [0.15, 0.2) is 73.1 Å². The minimum atomic E-state index is 0.202. The van der Waals surface area contributed by atoms with Crippen LogP contribution in [0, 0.1) is 0 Å². The molecular weight excluding hydrogens is 410 g/mol. The van der Waals surface area contributed by atoms with Gasteiger partial charge in [-0.1, -0.05) is 42.5 Å². The molecular formula is C28H33N3O2. The van der Waals surface area contributed by atoms with Gasteiger partial charge in [-0.2, -0.15) is 0 Å². The van der Waals surface area contributed by atoms with Crippen LogP contribution in [0.3, 0.4) is 0 Å². The standard InChI is InChI=1S/C28H33N3O2/c1-33-27-7-3-2-6-24(27)22-8-10-23(11-9-22)28-25-19-30(18-21-12-14-29-15-13-21)16-4-5-17-31(25)26(28)20-32/h2-3,6-15,25-26,28,32H,4-5,16-20H2,1H3/t25-,26-,28+/m1/s1. The highest BCUT2D eigenvalue weighted by atomic mass is 16.5. The Balaban J connectivity index is 1.37. The number of hydrogen-bond acceptors (Lipinski definition) is 5. The molecule has 3 atom stereocenters. The largest absolute Gasteiger partial charge is 0.496 e. The number of benzene rings is 2. The summed E-state index contributed by atoms with van der Waals surface area (Å²) in [6, 6.07) is 21.9. The lowest BCUT2D eigenvalue weighted by Crippen LogP contribution is -2.67. The first kappa shape index (κ1) is 22.1. The molecule has 0 saturated carbocycles. The summed E-state index contributed by atoms with van der Waals surface area (Å²) in [4.78, 5) is 9.28. The molecule has 1 N–H and O–H groups in total. The molecule has 0 spiro atoms. The van der Waals surface area contributed by atoms with E-state index >= 15 is 0 Å². The summed E-state index contributed by atoms with van der Waals surface area (Å²) in [6.07, 6.45) is 6.13. The van der Waals surface area contributed by atoms with Gasteiger partial charge in [0.1, 0.15) is 5.75 Å². The SMILES string of the molecule is COc1ccccc1-c1ccc([C@@H]2[C@@H](CO)N3CCCCN(Cc4ccncc4)C[C@H]23)cc1. The maximum absolute atomic E-state index is 10.2. The van der Waals surface area contributed by atoms with Gasteiger partial charge in [0.25, 0.3) is 0 Å². The number of aliphatic hydroxyl groups excluding tert-OH is 1. The van der Waals surface area contributed by atoms with Gasteiger partial charge in [0, 0.05) is 49.0 Å². The lowest BCUT2D eigenvalue weighted by atomic mass is 9.74. The molecule has 2 aliphatic rings. The number of aromatic nitrogens is 1. The van der Waals surface area contributed by atoms with E-state index in [1.165, 1.54) is 24.0 Å². The molecule has 5 nitrogen and oxygen atoms in total. The van der Waals surface area contributed by atoms with Crippen LogP contribution in [-0.2, 0) is 6.54 Å². The van der Waals surface area contributed by atoms with Gasteiger partial charge in [-0.05, 0) is 60.8 Å². The Bertz CT molecular complexity index is 1040. The van der Waals surface area contributed by atoms with Crippen LogP contribution in [0.5, 0.6) is 5.75 Å². The number of pyridine rings is 1. The first-order valence-corrected chi connectivity index (χ1v) is 12.0. The second-order valence-electron chi connectivity index (χ2n) is 9.20. The summed E-state index contributed by atoms with van der Waals surface area (Å²) in [5, 5.41) is 10.2. The van der Waals surface area contributed by atoms with E-state index in [9.17, 15) is 5.11 Å². The van der Waals surface area contributed by atoms with Crippen LogP contribution in [0.4, 0.5) is 0 Å². The van der Waals surface area contributed by atoms with Crippen LogP contribution in [0.25, 0.3) is 11.1 Å². The molecule has 1 aromatic heterocycles. The number of para-hydroxylation sites is 1. The van der Waals surface area contributed by atoms with Gasteiger partial charge in [-0.3, -0.25) is 14.8 Å². The van der Waals surface area contributed by atoms with Crippen molar-refractivity contribution in [1.82, 2.24) is 14.8 Å². The van der Waals surface area contributed by atoms with E-state index in [1.807, 2.05) is 30.6 Å². The highest BCUT2D eigenvalue weighted by Crippen LogP contribution is 2.42. The van der Waals surface area contributed by atoms with Gasteiger partial charge >= 0.3 is 0 Å². The fraction of sp³-hybridized carbons (Fsp3) is 0.393. The van der Waals surface area contributed by atoms with Gasteiger partial charge in [0.2, 0.25) is 0 Å². The minimum absolute atomic E-state index is 0.202. The number of hydrogen-bond donors (Lipinski definition) is 1. The predicted octanol–water partition coefficient (Wildman–Crippen LogP) is 4.18. The summed E-state index contributed by atoms with van der Waals surface area (Å²) in [7, 11) is 1.72. The van der Waals surface area contributed by atoms with Crippen molar-refractivity contribution < 1.29 is 9.84 Å². The molecule has 0 unspecified atom stereocenters. The van der Waals surface area contributed by atoms with E-state index in [1.54, 1.807) is 7.11 Å². The third kappa shape index (κ3) is 4.54. The van der Waals surface area contributed by atoms with Crippen molar-refractivity contribution >= 4 is 0 Å². The summed E-state index contributed by atoms with van der Waals surface area (Å²) in [5.74, 6) is 1.24. The Morgan fingerprint density at radius 1 is 0.970 bits per heavy atom. The number of ether oxygens (including phenoxy) is 1. The average molecular weight is 444 g/mol. The molecule has 2 aliphatic heterocycles. The van der Waals surface area contributed by atoms with E-state index in [4.69, 9.17) is 4.74 Å². The van der Waals surface area contributed by atoms with Crippen molar-refractivity contribution in [3.8, 4) is 16.9 Å². The lowest BCUT2D eigenvalue weighted by molar-refractivity contribution is -0.0655. The first-order chi connectivity index (χ1) is 16.3. The van der Waals surface area contributed by atoms with Gasteiger partial charge < -0.3 is 9.84 Å². The Morgan fingerprint density at radius 3 is 2.48 bits per heavy atom. The zero-order chi connectivity index (χ0) is 22.6. The summed E-state index contributed by atoms with van der Waals surface area (Å²) >= 11 is 0. The summed E-state index contributed by atoms with van der Waals surface area (Å²) < 4.78 is 5.55. The highest BCUT2D eigenvalue weighted by Gasteiger charge is 2.49. The molecule has 2 aromatic carbocycles. The number of nitrogens with zero attached hydrogens (tertiary/aromatic N) is 3. The number of fused-ring (bicyclic) bond motifs is 1. The fourth-order valence-corrected chi connectivity index (χ4v) is 5.67. The Morgan fingerprint density at radius 2 is 1.73 bits per heavy atom. The summed E-state index contributed by atoms with van der Waals surface area (Å²) in [6.45, 7) is 4.39. The molecule has 0 aliphatic carbocycles. The van der Waals surface area contributed by atoms with Crippen LogP contribution >= 0.6 is 0 Å². The third-order valence-corrected chi connectivity index (χ3v) is 7.32. The van der Waals surface area contributed by atoms with E-state index in [-0.39, 0.29) is 12.6 Å². The molecule has 0 bridgehead atoms. The summed E-state index contributed by atoms with van der Waals surface area (Å²) in [5.41, 5.74) is 4.89. The zero-order valence-corrected chi connectivity index (χ0v) is 19.3. The van der Waals surface area contributed by atoms with Crippen molar-refractivity contribution in [2.45, 2.75) is 37.4 Å². The van der Waals surface area contributed by atoms with E-state index in [2.05, 4.69) is 57.2 Å². The quantitative estimate of drug-likeness (QED) is 0.619. The zero-order valence-electron chi connectivity index (χ0n) is 19.3. The van der Waals surface area contributed by atoms with E-state index < -0.39 is 0 Å². The fourth-order valence-electron chi connectivity index (χ4n) is 5.67. The Kier molecular flexibility index (Phi) is 6.72. The van der Waals surface area contributed by atoms with Crippen molar-refractivity contribution in [2.75, 3.05) is 33.4 Å². The molecule has 33 heavy (non-hydrogen) atoms. The van der Waals surface area contributed by atoms with Gasteiger partial charge in [-0.15, -0.1) is 0 Å². The predicted molar refractivity (Wildman–Crippen MR) is 131 cm³/mol. The molecule has 3 aromatic rings. The van der Waals surface area contributed by atoms with E-state index in [0.717, 1.165) is 43.1 Å². The molecule has 3 heterocycles. The molecule has 5 heteroatoms. The molecule has 0 radical (unpaired) electrons.